The second-order valence-corrected chi connectivity index (χ2v) is 5.10. The van der Waals surface area contributed by atoms with E-state index in [0.717, 1.165) is 35.8 Å². The molecule has 0 aliphatic heterocycles. The van der Waals surface area contributed by atoms with Gasteiger partial charge in [0.15, 0.2) is 0 Å². The van der Waals surface area contributed by atoms with Crippen molar-refractivity contribution in [3.05, 3.63) is 36.2 Å². The zero-order chi connectivity index (χ0) is 14.5. The quantitative estimate of drug-likeness (QED) is 0.879. The van der Waals surface area contributed by atoms with E-state index in [1.165, 1.54) is 0 Å². The predicted octanol–water partition coefficient (Wildman–Crippen LogP) is 3.08. The molecule has 0 fully saturated rings. The summed E-state index contributed by atoms with van der Waals surface area (Å²) in [5, 5.41) is 3.43. The largest absolute Gasteiger partial charge is 0.496 e. The minimum atomic E-state index is 0.445. The highest BCUT2D eigenvalue weighted by atomic mass is 16.5. The summed E-state index contributed by atoms with van der Waals surface area (Å²) in [5.41, 5.74) is 2.28. The Balaban J connectivity index is 2.34. The van der Waals surface area contributed by atoms with Crippen molar-refractivity contribution in [3.63, 3.8) is 0 Å². The molecule has 1 N–H and O–H groups in total. The number of aromatic nitrogens is 2. The van der Waals surface area contributed by atoms with E-state index >= 15 is 0 Å². The van der Waals surface area contributed by atoms with Gasteiger partial charge in [-0.15, -0.1) is 0 Å². The van der Waals surface area contributed by atoms with Crippen LogP contribution < -0.4 is 10.1 Å². The first-order chi connectivity index (χ1) is 9.65. The van der Waals surface area contributed by atoms with Gasteiger partial charge in [-0.25, -0.2) is 4.98 Å². The SMILES string of the molecule is CCn1ccnc1-c1ccc(OC)c(CNC(C)C)c1. The molecule has 4 nitrogen and oxygen atoms in total. The van der Waals surface area contributed by atoms with Gasteiger partial charge in [0.2, 0.25) is 0 Å². The molecule has 0 atom stereocenters. The van der Waals surface area contributed by atoms with E-state index in [-0.39, 0.29) is 0 Å². The van der Waals surface area contributed by atoms with Crippen LogP contribution in [-0.2, 0) is 13.1 Å². The minimum absolute atomic E-state index is 0.445. The molecule has 0 unspecified atom stereocenters. The number of ether oxygens (including phenoxy) is 1. The third kappa shape index (κ3) is 3.20. The molecule has 1 aromatic carbocycles. The van der Waals surface area contributed by atoms with Crippen LogP contribution in [0.2, 0.25) is 0 Å². The third-order valence-electron chi connectivity index (χ3n) is 3.30. The molecule has 4 heteroatoms. The molecule has 0 aliphatic carbocycles. The van der Waals surface area contributed by atoms with Crippen LogP contribution in [0.4, 0.5) is 0 Å². The van der Waals surface area contributed by atoms with Gasteiger partial charge in [-0.3, -0.25) is 0 Å². The van der Waals surface area contributed by atoms with Crippen molar-refractivity contribution in [2.24, 2.45) is 0 Å². The average molecular weight is 273 g/mol. The summed E-state index contributed by atoms with van der Waals surface area (Å²) in [6.45, 7) is 8.11. The Hall–Kier alpha value is -1.81. The van der Waals surface area contributed by atoms with Gasteiger partial charge in [-0.1, -0.05) is 13.8 Å². The van der Waals surface area contributed by atoms with Crippen molar-refractivity contribution in [2.75, 3.05) is 7.11 Å². The van der Waals surface area contributed by atoms with Gasteiger partial charge in [0.1, 0.15) is 11.6 Å². The van der Waals surface area contributed by atoms with Gasteiger partial charge in [0.25, 0.3) is 0 Å². The molecule has 0 bridgehead atoms. The second-order valence-electron chi connectivity index (χ2n) is 5.10. The van der Waals surface area contributed by atoms with Crippen molar-refractivity contribution in [1.29, 1.82) is 0 Å². The highest BCUT2D eigenvalue weighted by Crippen LogP contribution is 2.26. The molecule has 0 radical (unpaired) electrons. The number of imidazole rings is 1. The van der Waals surface area contributed by atoms with Gasteiger partial charge in [0.05, 0.1) is 7.11 Å². The van der Waals surface area contributed by atoms with Crippen LogP contribution in [0, 0.1) is 0 Å². The molecular formula is C16H23N3O. The molecule has 0 saturated carbocycles. The highest BCUT2D eigenvalue weighted by molar-refractivity contribution is 5.59. The van der Waals surface area contributed by atoms with E-state index in [2.05, 4.69) is 47.8 Å². The monoisotopic (exact) mass is 273 g/mol. The molecule has 108 valence electrons. The topological polar surface area (TPSA) is 39.1 Å². The number of benzene rings is 1. The van der Waals surface area contributed by atoms with Gasteiger partial charge in [-0.2, -0.15) is 0 Å². The maximum Gasteiger partial charge on any atom is 0.139 e. The Morgan fingerprint density at radius 3 is 2.80 bits per heavy atom. The number of nitrogens with one attached hydrogen (secondary N) is 1. The summed E-state index contributed by atoms with van der Waals surface area (Å²) < 4.78 is 7.58. The summed E-state index contributed by atoms with van der Waals surface area (Å²) in [4.78, 5) is 4.45. The zero-order valence-electron chi connectivity index (χ0n) is 12.7. The summed E-state index contributed by atoms with van der Waals surface area (Å²) in [6.07, 6.45) is 3.85. The van der Waals surface area contributed by atoms with E-state index < -0.39 is 0 Å². The first-order valence-electron chi connectivity index (χ1n) is 7.07. The van der Waals surface area contributed by atoms with Crippen molar-refractivity contribution in [3.8, 4) is 17.1 Å². The molecule has 1 aromatic heterocycles. The number of aryl methyl sites for hydroxylation is 1. The van der Waals surface area contributed by atoms with Gasteiger partial charge >= 0.3 is 0 Å². The number of nitrogens with zero attached hydrogens (tertiary/aromatic N) is 2. The van der Waals surface area contributed by atoms with Crippen LogP contribution in [0.15, 0.2) is 30.6 Å². The first-order valence-corrected chi connectivity index (χ1v) is 7.07. The highest BCUT2D eigenvalue weighted by Gasteiger charge is 2.09. The normalized spacial score (nSPS) is 11.1. The second kappa shape index (κ2) is 6.57. The molecule has 2 rings (SSSR count). The van der Waals surface area contributed by atoms with Gasteiger partial charge in [-0.05, 0) is 25.1 Å². The molecule has 0 amide bonds. The van der Waals surface area contributed by atoms with Crippen LogP contribution in [0.25, 0.3) is 11.4 Å². The summed E-state index contributed by atoms with van der Waals surface area (Å²) >= 11 is 0. The maximum atomic E-state index is 5.44. The molecule has 20 heavy (non-hydrogen) atoms. The standard InChI is InChI=1S/C16H23N3O/c1-5-19-9-8-17-16(19)13-6-7-15(20-4)14(10-13)11-18-12(2)3/h6-10,12,18H,5,11H2,1-4H3. The van der Waals surface area contributed by atoms with Gasteiger partial charge in [0, 0.05) is 42.7 Å². The fourth-order valence-corrected chi connectivity index (χ4v) is 2.19. The van der Waals surface area contributed by atoms with E-state index in [1.807, 2.05) is 18.5 Å². The number of hydrogen-bond acceptors (Lipinski definition) is 3. The lowest BCUT2D eigenvalue weighted by Crippen LogP contribution is -2.22. The lowest BCUT2D eigenvalue weighted by molar-refractivity contribution is 0.406. The van der Waals surface area contributed by atoms with E-state index in [9.17, 15) is 0 Å². The number of hydrogen-bond donors (Lipinski definition) is 1. The average Bonchev–Trinajstić information content (AvgIpc) is 2.93. The molecule has 0 spiro atoms. The van der Waals surface area contributed by atoms with E-state index in [1.54, 1.807) is 7.11 Å². The number of rotatable bonds is 6. The molecule has 0 aliphatic rings. The van der Waals surface area contributed by atoms with Crippen LogP contribution in [-0.4, -0.2) is 22.7 Å². The molecule has 0 saturated heterocycles. The minimum Gasteiger partial charge on any atom is -0.496 e. The molecule has 1 heterocycles. The van der Waals surface area contributed by atoms with Crippen LogP contribution in [0.5, 0.6) is 5.75 Å². The summed E-state index contributed by atoms with van der Waals surface area (Å²) in [5.74, 6) is 1.91. The zero-order valence-corrected chi connectivity index (χ0v) is 12.7. The Morgan fingerprint density at radius 2 is 2.15 bits per heavy atom. The van der Waals surface area contributed by atoms with Crippen molar-refractivity contribution in [1.82, 2.24) is 14.9 Å². The van der Waals surface area contributed by atoms with Crippen LogP contribution >= 0.6 is 0 Å². The lowest BCUT2D eigenvalue weighted by Gasteiger charge is -2.14. The Kier molecular flexibility index (Phi) is 4.79. The fraction of sp³-hybridized carbons (Fsp3) is 0.438. The smallest absolute Gasteiger partial charge is 0.139 e. The predicted molar refractivity (Wildman–Crippen MR) is 81.9 cm³/mol. The summed E-state index contributed by atoms with van der Waals surface area (Å²) in [6, 6.07) is 6.68. The Bertz CT molecular complexity index is 561. The molecular weight excluding hydrogens is 250 g/mol. The Morgan fingerprint density at radius 1 is 1.35 bits per heavy atom. The van der Waals surface area contributed by atoms with Crippen molar-refractivity contribution >= 4 is 0 Å². The van der Waals surface area contributed by atoms with Crippen molar-refractivity contribution in [2.45, 2.75) is 39.9 Å². The first kappa shape index (κ1) is 14.6. The van der Waals surface area contributed by atoms with Gasteiger partial charge < -0.3 is 14.6 Å². The summed E-state index contributed by atoms with van der Waals surface area (Å²) in [7, 11) is 1.71. The lowest BCUT2D eigenvalue weighted by atomic mass is 10.1. The fourth-order valence-electron chi connectivity index (χ4n) is 2.19. The van der Waals surface area contributed by atoms with E-state index in [4.69, 9.17) is 4.74 Å². The van der Waals surface area contributed by atoms with Crippen molar-refractivity contribution < 1.29 is 4.74 Å². The van der Waals surface area contributed by atoms with Crippen LogP contribution in [0.3, 0.4) is 0 Å². The maximum absolute atomic E-state index is 5.44. The molecule has 2 aromatic rings. The van der Waals surface area contributed by atoms with Crippen LogP contribution in [0.1, 0.15) is 26.3 Å². The number of methoxy groups -OCH3 is 1. The van der Waals surface area contributed by atoms with E-state index in [0.29, 0.717) is 6.04 Å². The Labute approximate surface area is 120 Å². The third-order valence-corrected chi connectivity index (χ3v) is 3.30.